The molecule has 0 aromatic heterocycles. The lowest BCUT2D eigenvalue weighted by Gasteiger charge is -2.16. The van der Waals surface area contributed by atoms with Crippen LogP contribution in [0.25, 0.3) is 6.08 Å². The van der Waals surface area contributed by atoms with Crippen LogP contribution in [-0.2, 0) is 4.79 Å². The number of hydrogen-bond donors (Lipinski definition) is 2. The first-order valence-corrected chi connectivity index (χ1v) is 8.71. The molecule has 2 aromatic carbocycles. The molecule has 2 aromatic rings. The number of nitro groups is 1. The van der Waals surface area contributed by atoms with Crippen molar-refractivity contribution in [1.82, 2.24) is 10.4 Å². The number of thiocarbonyl (C=S) groups is 1. The molecule has 0 unspecified atom stereocenters. The number of para-hydroxylation sites is 2. The van der Waals surface area contributed by atoms with Crippen molar-refractivity contribution in [3.8, 4) is 5.75 Å². The standard InChI is InChI=1S/C17H11N3O5S2/c21-13-8-4-2-6-11(13)15(22)18-19-16(23)14(27-17(19)26)9-10-5-1-3-7-12(10)20(24)25/h1-9,21H,(H,18,22). The SMILES string of the molecule is O=C(NN1C(=O)C(=Cc2ccccc2[N+](=O)[O-])SC1=S)c1ccccc1O. The van der Waals surface area contributed by atoms with Gasteiger partial charge in [0, 0.05) is 6.07 Å². The average Bonchev–Trinajstić information content (AvgIpc) is 2.89. The number of benzene rings is 2. The van der Waals surface area contributed by atoms with Gasteiger partial charge >= 0.3 is 0 Å². The number of hydrazine groups is 1. The van der Waals surface area contributed by atoms with Crippen LogP contribution in [0.4, 0.5) is 5.69 Å². The fourth-order valence-corrected chi connectivity index (χ4v) is 3.48. The number of rotatable bonds is 4. The Bertz CT molecular complexity index is 1010. The van der Waals surface area contributed by atoms with Crippen LogP contribution in [0, 0.1) is 10.1 Å². The molecule has 3 rings (SSSR count). The highest BCUT2D eigenvalue weighted by molar-refractivity contribution is 8.26. The van der Waals surface area contributed by atoms with Gasteiger partial charge in [-0.2, -0.15) is 5.01 Å². The van der Waals surface area contributed by atoms with Crippen LogP contribution < -0.4 is 5.43 Å². The summed E-state index contributed by atoms with van der Waals surface area (Å²) in [5.74, 6) is -1.57. The summed E-state index contributed by atoms with van der Waals surface area (Å²) in [5.41, 5.74) is 2.41. The third-order valence-electron chi connectivity index (χ3n) is 3.58. The van der Waals surface area contributed by atoms with Gasteiger partial charge in [-0.15, -0.1) is 0 Å². The predicted octanol–water partition coefficient (Wildman–Crippen LogP) is 2.85. The van der Waals surface area contributed by atoms with Crippen molar-refractivity contribution in [2.24, 2.45) is 0 Å². The lowest BCUT2D eigenvalue weighted by atomic mass is 10.1. The van der Waals surface area contributed by atoms with Gasteiger partial charge in [0.05, 0.1) is 21.0 Å². The van der Waals surface area contributed by atoms with Gasteiger partial charge in [-0.05, 0) is 36.5 Å². The van der Waals surface area contributed by atoms with Crippen LogP contribution in [0.2, 0.25) is 0 Å². The van der Waals surface area contributed by atoms with Crippen molar-refractivity contribution in [3.05, 3.63) is 74.7 Å². The molecule has 136 valence electrons. The molecular weight excluding hydrogens is 390 g/mol. The Hall–Kier alpha value is -3.24. The molecular formula is C17H11N3O5S2. The van der Waals surface area contributed by atoms with Crippen molar-refractivity contribution in [2.45, 2.75) is 0 Å². The number of aromatic hydroxyl groups is 1. The van der Waals surface area contributed by atoms with Crippen molar-refractivity contribution >= 4 is 51.9 Å². The van der Waals surface area contributed by atoms with Crippen LogP contribution in [0.5, 0.6) is 5.75 Å². The fourth-order valence-electron chi connectivity index (χ4n) is 2.31. The Morgan fingerprint density at radius 2 is 1.89 bits per heavy atom. The van der Waals surface area contributed by atoms with E-state index in [2.05, 4.69) is 5.43 Å². The molecule has 1 heterocycles. The Morgan fingerprint density at radius 1 is 1.22 bits per heavy atom. The Morgan fingerprint density at radius 3 is 2.59 bits per heavy atom. The monoisotopic (exact) mass is 401 g/mol. The van der Waals surface area contributed by atoms with E-state index in [0.29, 0.717) is 0 Å². The molecule has 1 fully saturated rings. The van der Waals surface area contributed by atoms with E-state index in [1.54, 1.807) is 18.2 Å². The Labute approximate surface area is 162 Å². The van der Waals surface area contributed by atoms with Crippen molar-refractivity contribution in [2.75, 3.05) is 0 Å². The van der Waals surface area contributed by atoms with Gasteiger partial charge in [-0.25, -0.2) is 0 Å². The van der Waals surface area contributed by atoms with Crippen molar-refractivity contribution < 1.29 is 19.6 Å². The normalized spacial score (nSPS) is 15.3. The first kappa shape index (κ1) is 18.5. The Kier molecular flexibility index (Phi) is 5.19. The quantitative estimate of drug-likeness (QED) is 0.350. The van der Waals surface area contributed by atoms with E-state index >= 15 is 0 Å². The molecule has 1 aliphatic rings. The summed E-state index contributed by atoms with van der Waals surface area (Å²) in [5, 5.41) is 21.7. The molecule has 1 saturated heterocycles. The zero-order chi connectivity index (χ0) is 19.6. The zero-order valence-electron chi connectivity index (χ0n) is 13.5. The summed E-state index contributed by atoms with van der Waals surface area (Å²) in [4.78, 5) is 35.5. The molecule has 2 N–H and O–H groups in total. The molecule has 0 spiro atoms. The molecule has 2 amide bonds. The van der Waals surface area contributed by atoms with Crippen molar-refractivity contribution in [3.63, 3.8) is 0 Å². The number of carbonyl (C=O) groups is 2. The van der Waals surface area contributed by atoms with Crippen molar-refractivity contribution in [1.29, 1.82) is 0 Å². The minimum Gasteiger partial charge on any atom is -0.507 e. The van der Waals surface area contributed by atoms with Gasteiger partial charge < -0.3 is 5.11 Å². The van der Waals surface area contributed by atoms with E-state index in [-0.39, 0.29) is 31.8 Å². The number of amides is 2. The number of carbonyl (C=O) groups excluding carboxylic acids is 2. The second-order valence-electron chi connectivity index (χ2n) is 5.29. The van der Waals surface area contributed by atoms with E-state index in [9.17, 15) is 24.8 Å². The molecule has 0 bridgehead atoms. The summed E-state index contributed by atoms with van der Waals surface area (Å²) in [6.07, 6.45) is 1.35. The van der Waals surface area contributed by atoms with Gasteiger partial charge in [0.2, 0.25) is 0 Å². The van der Waals surface area contributed by atoms with Crippen LogP contribution in [-0.4, -0.2) is 31.2 Å². The van der Waals surface area contributed by atoms with Gasteiger partial charge in [-0.1, -0.05) is 36.0 Å². The maximum atomic E-state index is 12.6. The molecule has 0 atom stereocenters. The second kappa shape index (κ2) is 7.56. The lowest BCUT2D eigenvalue weighted by molar-refractivity contribution is -0.385. The number of nitrogens with one attached hydrogen (secondary N) is 1. The molecule has 1 aliphatic heterocycles. The highest BCUT2D eigenvalue weighted by atomic mass is 32.2. The second-order valence-corrected chi connectivity index (χ2v) is 6.97. The minimum absolute atomic E-state index is 0.0192. The number of thioether (sulfide) groups is 1. The summed E-state index contributed by atoms with van der Waals surface area (Å²) < 4.78 is 0.0635. The lowest BCUT2D eigenvalue weighted by Crippen LogP contribution is -2.44. The van der Waals surface area contributed by atoms with Crippen LogP contribution in [0.15, 0.2) is 53.4 Å². The van der Waals surface area contributed by atoms with Gasteiger partial charge in [0.1, 0.15) is 5.75 Å². The molecule has 0 radical (unpaired) electrons. The number of hydrogen-bond acceptors (Lipinski definition) is 7. The summed E-state index contributed by atoms with van der Waals surface area (Å²) in [6.45, 7) is 0. The smallest absolute Gasteiger partial charge is 0.285 e. The Balaban J connectivity index is 1.85. The zero-order valence-corrected chi connectivity index (χ0v) is 15.1. The topological polar surface area (TPSA) is 113 Å². The third kappa shape index (κ3) is 3.81. The van der Waals surface area contributed by atoms with E-state index in [1.807, 2.05) is 0 Å². The molecule has 0 aliphatic carbocycles. The van der Waals surface area contributed by atoms with E-state index in [4.69, 9.17) is 12.2 Å². The average molecular weight is 401 g/mol. The number of nitrogens with zero attached hydrogens (tertiary/aromatic N) is 2. The third-order valence-corrected chi connectivity index (χ3v) is 4.88. The summed E-state index contributed by atoms with van der Waals surface area (Å²) in [7, 11) is 0. The van der Waals surface area contributed by atoms with E-state index < -0.39 is 16.7 Å². The number of phenols is 1. The molecule has 27 heavy (non-hydrogen) atoms. The van der Waals surface area contributed by atoms with Gasteiger partial charge in [0.15, 0.2) is 4.32 Å². The summed E-state index contributed by atoms with van der Waals surface area (Å²) in [6, 6.07) is 11.8. The molecule has 8 nitrogen and oxygen atoms in total. The van der Waals surface area contributed by atoms with Gasteiger partial charge in [0.25, 0.3) is 17.5 Å². The maximum absolute atomic E-state index is 12.6. The maximum Gasteiger partial charge on any atom is 0.285 e. The first-order chi connectivity index (χ1) is 12.9. The fraction of sp³-hybridized carbons (Fsp3) is 0. The number of phenolic OH excluding ortho intramolecular Hbond substituents is 1. The first-order valence-electron chi connectivity index (χ1n) is 7.49. The molecule has 10 heteroatoms. The van der Waals surface area contributed by atoms with Crippen LogP contribution in [0.1, 0.15) is 15.9 Å². The number of nitro benzene ring substituents is 1. The highest BCUT2D eigenvalue weighted by Gasteiger charge is 2.34. The van der Waals surface area contributed by atoms with Crippen LogP contribution >= 0.6 is 24.0 Å². The molecule has 0 saturated carbocycles. The van der Waals surface area contributed by atoms with E-state index in [0.717, 1.165) is 16.8 Å². The predicted molar refractivity (Wildman–Crippen MR) is 104 cm³/mol. The minimum atomic E-state index is -0.712. The van der Waals surface area contributed by atoms with Gasteiger partial charge in [-0.3, -0.25) is 25.1 Å². The largest absolute Gasteiger partial charge is 0.507 e. The van der Waals surface area contributed by atoms with E-state index in [1.165, 1.54) is 36.4 Å². The summed E-state index contributed by atoms with van der Waals surface area (Å²) >= 11 is 6.02. The van der Waals surface area contributed by atoms with Crippen LogP contribution in [0.3, 0.4) is 0 Å². The highest BCUT2D eigenvalue weighted by Crippen LogP contribution is 2.33.